The van der Waals surface area contributed by atoms with Crippen LogP contribution in [0.15, 0.2) is 4.42 Å². The van der Waals surface area contributed by atoms with Gasteiger partial charge in [-0.15, -0.1) is 0 Å². The van der Waals surface area contributed by atoms with Gasteiger partial charge in [-0.2, -0.15) is 18.2 Å². The Labute approximate surface area is 125 Å². The molecule has 124 valence electrons. The number of rotatable bonds is 2. The number of nitrogens with one attached hydrogen (secondary N) is 1. The van der Waals surface area contributed by atoms with Crippen molar-refractivity contribution in [2.75, 3.05) is 18.4 Å². The van der Waals surface area contributed by atoms with Gasteiger partial charge in [-0.25, -0.2) is 4.79 Å². The molecule has 1 aromatic rings. The average Bonchev–Trinajstić information content (AvgIpc) is 2.75. The second-order valence-electron chi connectivity index (χ2n) is 5.40. The van der Waals surface area contributed by atoms with E-state index in [0.717, 1.165) is 0 Å². The molecule has 0 bridgehead atoms. The van der Waals surface area contributed by atoms with Crippen LogP contribution >= 0.6 is 0 Å². The van der Waals surface area contributed by atoms with E-state index >= 15 is 0 Å². The number of aryl methyl sites for hydroxylation is 2. The Morgan fingerprint density at radius 1 is 1.41 bits per heavy atom. The number of halogens is 3. The molecule has 0 aromatic carbocycles. The van der Waals surface area contributed by atoms with Crippen LogP contribution < -0.4 is 5.32 Å². The summed E-state index contributed by atoms with van der Waals surface area (Å²) in [6.45, 7) is 3.73. The van der Waals surface area contributed by atoms with Gasteiger partial charge in [0.25, 0.3) is 0 Å². The third-order valence-corrected chi connectivity index (χ3v) is 3.85. The van der Waals surface area contributed by atoms with Crippen molar-refractivity contribution in [3.8, 4) is 0 Å². The molecule has 22 heavy (non-hydrogen) atoms. The first-order valence-electron chi connectivity index (χ1n) is 6.93. The highest BCUT2D eigenvalue weighted by atomic mass is 19.4. The van der Waals surface area contributed by atoms with Crippen molar-refractivity contribution in [2.45, 2.75) is 39.0 Å². The van der Waals surface area contributed by atoms with E-state index in [9.17, 15) is 23.1 Å². The van der Waals surface area contributed by atoms with E-state index in [1.807, 2.05) is 0 Å². The Hall–Kier alpha value is -1.77. The Balaban J connectivity index is 1.87. The SMILES string of the molecule is Cc1nc(NC(=O)N2CCC(C(O)C(F)(F)F)CC2)oc1C. The van der Waals surface area contributed by atoms with E-state index in [1.54, 1.807) is 13.8 Å². The smallest absolute Gasteiger partial charge is 0.414 e. The predicted molar refractivity (Wildman–Crippen MR) is 71.4 cm³/mol. The summed E-state index contributed by atoms with van der Waals surface area (Å²) in [4.78, 5) is 17.4. The maximum atomic E-state index is 12.5. The molecule has 0 saturated carbocycles. The van der Waals surface area contributed by atoms with E-state index in [-0.39, 0.29) is 31.9 Å². The molecule has 2 N–H and O–H groups in total. The van der Waals surface area contributed by atoms with Crippen LogP contribution in [0.4, 0.5) is 24.0 Å². The molecule has 9 heteroatoms. The number of likely N-dealkylation sites (tertiary alicyclic amines) is 1. The molecule has 1 aromatic heterocycles. The van der Waals surface area contributed by atoms with Crippen LogP contribution in [-0.2, 0) is 0 Å². The Morgan fingerprint density at radius 2 is 2.00 bits per heavy atom. The van der Waals surface area contributed by atoms with E-state index in [4.69, 9.17) is 4.42 Å². The molecule has 2 heterocycles. The molecule has 1 aliphatic rings. The van der Waals surface area contributed by atoms with Crippen LogP contribution in [0.1, 0.15) is 24.3 Å². The number of nitrogens with zero attached hydrogens (tertiary/aromatic N) is 2. The summed E-state index contributed by atoms with van der Waals surface area (Å²) in [5.41, 5.74) is 0.655. The van der Waals surface area contributed by atoms with Gasteiger partial charge in [0, 0.05) is 13.1 Å². The van der Waals surface area contributed by atoms with Crippen LogP contribution in [0.5, 0.6) is 0 Å². The lowest BCUT2D eigenvalue weighted by atomic mass is 9.91. The van der Waals surface area contributed by atoms with Crippen LogP contribution in [0.25, 0.3) is 0 Å². The molecule has 0 aliphatic carbocycles. The van der Waals surface area contributed by atoms with Crippen molar-refractivity contribution in [1.82, 2.24) is 9.88 Å². The Bertz CT molecular complexity index is 517. The highest BCUT2D eigenvalue weighted by molar-refractivity contribution is 5.87. The lowest BCUT2D eigenvalue weighted by Gasteiger charge is -2.34. The fraction of sp³-hybridized carbons (Fsp3) is 0.692. The number of aliphatic hydroxyl groups is 1. The largest absolute Gasteiger partial charge is 0.428 e. The number of alkyl halides is 3. The molecular formula is C13H18F3N3O3. The van der Waals surface area contributed by atoms with Crippen molar-refractivity contribution in [1.29, 1.82) is 0 Å². The second-order valence-corrected chi connectivity index (χ2v) is 5.40. The minimum atomic E-state index is -4.62. The number of aromatic nitrogens is 1. The van der Waals surface area contributed by atoms with Crippen LogP contribution in [0.3, 0.4) is 0 Å². The lowest BCUT2D eigenvalue weighted by molar-refractivity contribution is -0.222. The number of aliphatic hydroxyl groups excluding tert-OH is 1. The van der Waals surface area contributed by atoms with Crippen LogP contribution in [-0.4, -0.2) is 46.4 Å². The molecule has 0 spiro atoms. The predicted octanol–water partition coefficient (Wildman–Crippen LogP) is 2.46. The van der Waals surface area contributed by atoms with Gasteiger partial charge in [-0.05, 0) is 32.6 Å². The maximum absolute atomic E-state index is 12.5. The third kappa shape index (κ3) is 3.70. The summed E-state index contributed by atoms with van der Waals surface area (Å²) in [6.07, 6.45) is -6.77. The van der Waals surface area contributed by atoms with Gasteiger partial charge in [0.2, 0.25) is 0 Å². The summed E-state index contributed by atoms with van der Waals surface area (Å²) < 4.78 is 42.6. The van der Waals surface area contributed by atoms with Gasteiger partial charge in [-0.3, -0.25) is 5.32 Å². The number of urea groups is 1. The quantitative estimate of drug-likeness (QED) is 0.877. The zero-order valence-electron chi connectivity index (χ0n) is 12.3. The molecule has 2 amide bonds. The first-order valence-corrected chi connectivity index (χ1v) is 6.93. The Morgan fingerprint density at radius 3 is 2.45 bits per heavy atom. The lowest BCUT2D eigenvalue weighted by Crippen LogP contribution is -2.46. The van der Waals surface area contributed by atoms with Gasteiger partial charge in [0.15, 0.2) is 6.10 Å². The van der Waals surface area contributed by atoms with Crippen molar-refractivity contribution in [3.63, 3.8) is 0 Å². The first kappa shape index (κ1) is 16.6. The van der Waals surface area contributed by atoms with Gasteiger partial charge < -0.3 is 14.4 Å². The molecular weight excluding hydrogens is 303 g/mol. The van der Waals surface area contributed by atoms with Crippen molar-refractivity contribution < 1.29 is 27.5 Å². The van der Waals surface area contributed by atoms with E-state index in [0.29, 0.717) is 11.5 Å². The molecule has 1 unspecified atom stereocenters. The maximum Gasteiger partial charge on any atom is 0.414 e. The minimum absolute atomic E-state index is 0.0671. The molecule has 1 saturated heterocycles. The summed E-state index contributed by atoms with van der Waals surface area (Å²) in [7, 11) is 0. The van der Waals surface area contributed by atoms with E-state index < -0.39 is 24.2 Å². The van der Waals surface area contributed by atoms with Crippen LogP contribution in [0, 0.1) is 19.8 Å². The number of amides is 2. The van der Waals surface area contributed by atoms with Crippen molar-refractivity contribution >= 4 is 12.0 Å². The molecule has 0 radical (unpaired) electrons. The van der Waals surface area contributed by atoms with E-state index in [2.05, 4.69) is 10.3 Å². The van der Waals surface area contributed by atoms with Gasteiger partial charge >= 0.3 is 18.2 Å². The zero-order chi connectivity index (χ0) is 16.5. The monoisotopic (exact) mass is 321 g/mol. The molecule has 2 rings (SSSR count). The summed E-state index contributed by atoms with van der Waals surface area (Å²) in [6, 6.07) is -0.404. The van der Waals surface area contributed by atoms with Crippen molar-refractivity contribution in [2.24, 2.45) is 5.92 Å². The molecule has 1 atom stereocenters. The number of hydrogen-bond acceptors (Lipinski definition) is 4. The standard InChI is InChI=1S/C13H18F3N3O3/c1-7-8(2)22-11(17-7)18-12(21)19-5-3-9(4-6-19)10(20)13(14,15)16/h9-10,20H,3-6H2,1-2H3,(H,17,18,21). The normalized spacial score (nSPS) is 18.4. The molecule has 6 nitrogen and oxygen atoms in total. The zero-order valence-corrected chi connectivity index (χ0v) is 12.3. The summed E-state index contributed by atoms with van der Waals surface area (Å²) >= 11 is 0. The van der Waals surface area contributed by atoms with E-state index in [1.165, 1.54) is 4.90 Å². The summed E-state index contributed by atoms with van der Waals surface area (Å²) in [5.74, 6) is -0.294. The first-order chi connectivity index (χ1) is 10.2. The number of oxazole rings is 1. The van der Waals surface area contributed by atoms with Gasteiger partial charge in [0.05, 0.1) is 5.69 Å². The Kier molecular flexibility index (Phi) is 4.64. The number of carbonyl (C=O) groups excluding carboxylic acids is 1. The summed E-state index contributed by atoms with van der Waals surface area (Å²) in [5, 5.41) is 11.7. The van der Waals surface area contributed by atoms with Gasteiger partial charge in [-0.1, -0.05) is 0 Å². The number of carbonyl (C=O) groups is 1. The average molecular weight is 321 g/mol. The second kappa shape index (κ2) is 6.15. The number of hydrogen-bond donors (Lipinski definition) is 2. The fourth-order valence-electron chi connectivity index (χ4n) is 2.38. The van der Waals surface area contributed by atoms with Crippen molar-refractivity contribution in [3.05, 3.63) is 11.5 Å². The highest BCUT2D eigenvalue weighted by Crippen LogP contribution is 2.31. The minimum Gasteiger partial charge on any atom is -0.428 e. The van der Waals surface area contributed by atoms with Crippen LogP contribution in [0.2, 0.25) is 0 Å². The molecule has 1 aliphatic heterocycles. The number of anilines is 1. The fourth-order valence-corrected chi connectivity index (χ4v) is 2.38. The number of piperidine rings is 1. The topological polar surface area (TPSA) is 78.6 Å². The molecule has 1 fully saturated rings. The van der Waals surface area contributed by atoms with Gasteiger partial charge in [0.1, 0.15) is 5.76 Å². The third-order valence-electron chi connectivity index (χ3n) is 3.85. The highest BCUT2D eigenvalue weighted by Gasteiger charge is 2.44.